The number of anilines is 1. The fraction of sp³-hybridized carbons (Fsp3) is 0.241. The van der Waals surface area contributed by atoms with Crippen LogP contribution in [-0.2, 0) is 7.05 Å². The molecule has 0 bridgehead atoms. The summed E-state index contributed by atoms with van der Waals surface area (Å²) < 4.78 is 21.1. The molecule has 2 atom stereocenters. The number of hydrogen-bond acceptors (Lipinski definition) is 5. The number of aromatic nitrogens is 2. The van der Waals surface area contributed by atoms with Crippen molar-refractivity contribution in [1.29, 1.82) is 0 Å². The maximum absolute atomic E-state index is 13.7. The van der Waals surface area contributed by atoms with Crippen molar-refractivity contribution in [2.24, 2.45) is 13.0 Å². The van der Waals surface area contributed by atoms with E-state index in [9.17, 15) is 14.3 Å². The molecule has 1 aliphatic carbocycles. The Hall–Kier alpha value is -4.17. The lowest BCUT2D eigenvalue weighted by atomic mass is 10.0. The highest BCUT2D eigenvalue weighted by Gasteiger charge is 2.30. The van der Waals surface area contributed by atoms with Gasteiger partial charge in [-0.25, -0.2) is 4.39 Å². The van der Waals surface area contributed by atoms with E-state index >= 15 is 0 Å². The van der Waals surface area contributed by atoms with Crippen LogP contribution in [0.15, 0.2) is 71.4 Å². The molecule has 7 nitrogen and oxygen atoms in total. The van der Waals surface area contributed by atoms with Crippen LogP contribution in [-0.4, -0.2) is 27.0 Å². The first-order valence-electron chi connectivity index (χ1n) is 12.4. The Bertz CT molecular complexity index is 1640. The number of nitrogens with zero attached hydrogens (tertiary/aromatic N) is 2. The molecule has 1 saturated carbocycles. The molecule has 0 spiro atoms. The molecule has 3 N–H and O–H groups in total. The van der Waals surface area contributed by atoms with E-state index in [2.05, 4.69) is 15.8 Å². The second-order valence-corrected chi connectivity index (χ2v) is 9.80. The lowest BCUT2D eigenvalue weighted by Gasteiger charge is -2.14. The summed E-state index contributed by atoms with van der Waals surface area (Å²) in [5.74, 6) is 0.243. The van der Waals surface area contributed by atoms with Crippen LogP contribution in [0.3, 0.4) is 0 Å². The van der Waals surface area contributed by atoms with Crippen LogP contribution < -0.4 is 10.6 Å². The highest BCUT2D eigenvalue weighted by atomic mass is 19.1. The number of aryl methyl sites for hydroxylation is 1. The topological polar surface area (TPSA) is 92.3 Å². The van der Waals surface area contributed by atoms with Crippen molar-refractivity contribution >= 4 is 33.6 Å². The Labute approximate surface area is 212 Å². The highest BCUT2D eigenvalue weighted by molar-refractivity contribution is 6.08. The van der Waals surface area contributed by atoms with Crippen molar-refractivity contribution in [3.05, 3.63) is 83.8 Å². The van der Waals surface area contributed by atoms with Crippen LogP contribution in [0.2, 0.25) is 0 Å². The summed E-state index contributed by atoms with van der Waals surface area (Å²) >= 11 is 0. The van der Waals surface area contributed by atoms with Gasteiger partial charge in [0.2, 0.25) is 0 Å². The van der Waals surface area contributed by atoms with E-state index in [0.29, 0.717) is 22.5 Å². The van der Waals surface area contributed by atoms with Gasteiger partial charge >= 0.3 is 0 Å². The highest BCUT2D eigenvalue weighted by Crippen LogP contribution is 2.35. The molecule has 188 valence electrons. The normalized spacial score (nSPS) is 15.1. The third kappa shape index (κ3) is 4.44. The Morgan fingerprint density at radius 1 is 1.11 bits per heavy atom. The molecule has 8 heteroatoms. The SMILES string of the molecule is C[C@H](NC(=O)c1cn(C)c2ccc(-c3ccc4c(NC(O)C5CC5)noc4c3)cc12)c1cccc(F)c1. The van der Waals surface area contributed by atoms with Crippen molar-refractivity contribution < 1.29 is 18.8 Å². The average Bonchev–Trinajstić information content (AvgIpc) is 3.60. The first-order valence-corrected chi connectivity index (χ1v) is 12.4. The van der Waals surface area contributed by atoms with Gasteiger partial charge in [-0.1, -0.05) is 29.4 Å². The van der Waals surface area contributed by atoms with Crippen molar-refractivity contribution in [3.63, 3.8) is 0 Å². The number of fused-ring (bicyclic) bond motifs is 2. The van der Waals surface area contributed by atoms with Crippen LogP contribution in [0, 0.1) is 11.7 Å². The number of aliphatic hydroxyl groups is 1. The maximum Gasteiger partial charge on any atom is 0.253 e. The second-order valence-electron chi connectivity index (χ2n) is 9.80. The summed E-state index contributed by atoms with van der Waals surface area (Å²) in [7, 11) is 1.90. The number of hydrogen-bond donors (Lipinski definition) is 3. The monoisotopic (exact) mass is 498 g/mol. The number of carbonyl (C=O) groups is 1. The zero-order valence-electron chi connectivity index (χ0n) is 20.5. The van der Waals surface area contributed by atoms with Gasteiger partial charge in [0.25, 0.3) is 5.91 Å². The van der Waals surface area contributed by atoms with Crippen molar-refractivity contribution in [3.8, 4) is 11.1 Å². The predicted molar refractivity (Wildman–Crippen MR) is 141 cm³/mol. The summed E-state index contributed by atoms with van der Waals surface area (Å²) in [4.78, 5) is 13.2. The van der Waals surface area contributed by atoms with E-state index in [0.717, 1.165) is 40.3 Å². The van der Waals surface area contributed by atoms with Crippen LogP contribution in [0.5, 0.6) is 0 Å². The van der Waals surface area contributed by atoms with Gasteiger partial charge in [-0.05, 0) is 72.9 Å². The van der Waals surface area contributed by atoms with Crippen molar-refractivity contribution in [2.75, 3.05) is 5.32 Å². The fourth-order valence-corrected chi connectivity index (χ4v) is 4.78. The molecule has 1 amide bonds. The van der Waals surface area contributed by atoms with Crippen LogP contribution in [0.1, 0.15) is 41.7 Å². The molecule has 1 fully saturated rings. The van der Waals surface area contributed by atoms with Gasteiger partial charge in [-0.3, -0.25) is 4.79 Å². The summed E-state index contributed by atoms with van der Waals surface area (Å²) in [5.41, 5.74) is 4.63. The number of aliphatic hydroxyl groups excluding tert-OH is 1. The number of amides is 1. The first-order chi connectivity index (χ1) is 17.9. The van der Waals surface area contributed by atoms with Gasteiger partial charge in [-0.15, -0.1) is 0 Å². The van der Waals surface area contributed by atoms with Crippen LogP contribution in [0.4, 0.5) is 10.2 Å². The van der Waals surface area contributed by atoms with E-state index in [-0.39, 0.29) is 23.7 Å². The van der Waals surface area contributed by atoms with Gasteiger partial charge in [0.05, 0.1) is 17.0 Å². The summed E-state index contributed by atoms with van der Waals surface area (Å²) in [6, 6.07) is 17.7. The lowest BCUT2D eigenvalue weighted by Crippen LogP contribution is -2.26. The molecule has 5 aromatic rings. The van der Waals surface area contributed by atoms with Crippen LogP contribution >= 0.6 is 0 Å². The smallest absolute Gasteiger partial charge is 0.253 e. The first kappa shape index (κ1) is 23.2. The minimum atomic E-state index is -0.623. The molecular formula is C29H27FN4O3. The molecule has 1 aliphatic rings. The Balaban J connectivity index is 1.29. The van der Waals surface area contributed by atoms with E-state index in [1.807, 2.05) is 61.1 Å². The zero-order chi connectivity index (χ0) is 25.7. The third-order valence-corrected chi connectivity index (χ3v) is 7.09. The molecule has 0 radical (unpaired) electrons. The van der Waals surface area contributed by atoms with Crippen LogP contribution in [0.25, 0.3) is 33.0 Å². The van der Waals surface area contributed by atoms with E-state index in [4.69, 9.17) is 4.52 Å². The number of carbonyl (C=O) groups excluding carboxylic acids is 1. The summed E-state index contributed by atoms with van der Waals surface area (Å²) in [6.07, 6.45) is 3.21. The maximum atomic E-state index is 13.7. The number of nitrogens with one attached hydrogen (secondary N) is 2. The summed E-state index contributed by atoms with van der Waals surface area (Å²) in [5, 5.41) is 22.0. The molecule has 2 heterocycles. The van der Waals surface area contributed by atoms with Gasteiger partial charge < -0.3 is 24.8 Å². The number of rotatable bonds is 7. The predicted octanol–water partition coefficient (Wildman–Crippen LogP) is 5.76. The minimum Gasteiger partial charge on any atom is -0.373 e. The molecule has 6 rings (SSSR count). The van der Waals surface area contributed by atoms with E-state index in [1.165, 1.54) is 12.1 Å². The molecular weight excluding hydrogens is 471 g/mol. The Morgan fingerprint density at radius 2 is 1.89 bits per heavy atom. The zero-order valence-corrected chi connectivity index (χ0v) is 20.5. The van der Waals surface area contributed by atoms with Crippen molar-refractivity contribution in [1.82, 2.24) is 15.0 Å². The quantitative estimate of drug-likeness (QED) is 0.248. The van der Waals surface area contributed by atoms with Gasteiger partial charge in [-0.2, -0.15) is 0 Å². The Morgan fingerprint density at radius 3 is 2.68 bits per heavy atom. The molecule has 0 saturated heterocycles. The largest absolute Gasteiger partial charge is 0.373 e. The summed E-state index contributed by atoms with van der Waals surface area (Å²) in [6.45, 7) is 1.84. The van der Waals surface area contributed by atoms with Gasteiger partial charge in [0, 0.05) is 30.1 Å². The van der Waals surface area contributed by atoms with Crippen molar-refractivity contribution in [2.45, 2.75) is 32.0 Å². The third-order valence-electron chi connectivity index (χ3n) is 7.09. The minimum absolute atomic E-state index is 0.227. The fourth-order valence-electron chi connectivity index (χ4n) is 4.78. The van der Waals surface area contributed by atoms with E-state index < -0.39 is 6.23 Å². The Kier molecular flexibility index (Phi) is 5.68. The molecule has 37 heavy (non-hydrogen) atoms. The van der Waals surface area contributed by atoms with Gasteiger partial charge in [0.1, 0.15) is 12.0 Å². The molecule has 1 unspecified atom stereocenters. The number of benzene rings is 3. The molecule has 2 aromatic heterocycles. The standard InChI is InChI=1S/C29H27FN4O3/c1-16(18-4-3-5-21(30)12-18)31-29(36)24-15-34(2)25-11-9-19(13-23(24)25)20-8-10-22-26(14-20)37-33-27(22)32-28(35)17-6-7-17/h3-5,8-17,28,35H,6-7H2,1-2H3,(H,31,36)(H,32,33)/t16-,28?/m0/s1. The van der Waals surface area contributed by atoms with E-state index in [1.54, 1.807) is 12.1 Å². The molecule has 0 aliphatic heterocycles. The molecule has 3 aromatic carbocycles. The van der Waals surface area contributed by atoms with Gasteiger partial charge in [0.15, 0.2) is 11.4 Å². The lowest BCUT2D eigenvalue weighted by molar-refractivity contribution is 0.0941. The average molecular weight is 499 g/mol. The second kappa shape index (κ2) is 9.05. The number of halogens is 1.